The average molecular weight is 375 g/mol. The van der Waals surface area contributed by atoms with E-state index in [0.29, 0.717) is 6.42 Å². The largest absolute Gasteiger partial charge is 0.496 e. The van der Waals surface area contributed by atoms with Crippen molar-refractivity contribution in [2.45, 2.75) is 37.8 Å². The molecule has 0 aliphatic carbocycles. The fourth-order valence-corrected chi connectivity index (χ4v) is 3.63. The Kier molecular flexibility index (Phi) is 7.49. The van der Waals surface area contributed by atoms with Crippen LogP contribution in [0.4, 0.5) is 0 Å². The second kappa shape index (κ2) is 9.60. The Hall–Kier alpha value is -2.04. The fraction of sp³-hybridized carbons (Fsp3) is 0.381. The molecule has 2 unspecified atom stereocenters. The lowest BCUT2D eigenvalue weighted by Gasteiger charge is -2.26. The zero-order chi connectivity index (χ0) is 17.6. The van der Waals surface area contributed by atoms with Gasteiger partial charge in [-0.1, -0.05) is 48.5 Å². The highest BCUT2D eigenvalue weighted by molar-refractivity contribution is 5.85. The van der Waals surface area contributed by atoms with Gasteiger partial charge in [-0.05, 0) is 36.5 Å². The molecule has 1 aliphatic heterocycles. The Labute approximate surface area is 161 Å². The van der Waals surface area contributed by atoms with Crippen LogP contribution in [0, 0.1) is 0 Å². The molecule has 2 N–H and O–H groups in total. The van der Waals surface area contributed by atoms with Gasteiger partial charge >= 0.3 is 0 Å². The summed E-state index contributed by atoms with van der Waals surface area (Å²) in [5.74, 6) is 1.04. The molecule has 1 saturated heterocycles. The summed E-state index contributed by atoms with van der Waals surface area (Å²) < 4.78 is 5.45. The number of para-hydroxylation sites is 1. The van der Waals surface area contributed by atoms with Crippen LogP contribution >= 0.6 is 12.4 Å². The standard InChI is InChI=1S/C21H26N2O2.ClH/c1-25-20-12-6-5-10-17(20)14-18-11-7-13-23(18)21(24)15-19(22)16-8-3-2-4-9-16;/h2-6,8-10,12,18-19H,7,11,13-15,22H2,1H3;1H. The molecule has 1 heterocycles. The Morgan fingerprint density at radius 1 is 1.19 bits per heavy atom. The summed E-state index contributed by atoms with van der Waals surface area (Å²) in [6, 6.07) is 17.9. The molecular weight excluding hydrogens is 348 g/mol. The number of rotatable bonds is 6. The van der Waals surface area contributed by atoms with Crippen LogP contribution in [0.5, 0.6) is 5.75 Å². The minimum Gasteiger partial charge on any atom is -0.496 e. The number of hydrogen-bond donors (Lipinski definition) is 1. The van der Waals surface area contributed by atoms with Crippen molar-refractivity contribution >= 4 is 18.3 Å². The molecule has 1 aliphatic rings. The van der Waals surface area contributed by atoms with E-state index in [9.17, 15) is 4.79 Å². The van der Waals surface area contributed by atoms with E-state index < -0.39 is 0 Å². The van der Waals surface area contributed by atoms with Gasteiger partial charge in [-0.3, -0.25) is 4.79 Å². The van der Waals surface area contributed by atoms with Crippen molar-refractivity contribution in [1.29, 1.82) is 0 Å². The molecule has 5 heteroatoms. The van der Waals surface area contributed by atoms with Gasteiger partial charge in [0.2, 0.25) is 5.91 Å². The highest BCUT2D eigenvalue weighted by Crippen LogP contribution is 2.27. The molecule has 0 radical (unpaired) electrons. The maximum atomic E-state index is 12.8. The molecule has 1 amide bonds. The van der Waals surface area contributed by atoms with Crippen molar-refractivity contribution in [3.05, 3.63) is 65.7 Å². The molecule has 4 nitrogen and oxygen atoms in total. The molecule has 0 saturated carbocycles. The Morgan fingerprint density at radius 2 is 1.88 bits per heavy atom. The van der Waals surface area contributed by atoms with Crippen LogP contribution in [0.3, 0.4) is 0 Å². The summed E-state index contributed by atoms with van der Waals surface area (Å²) in [5, 5.41) is 0. The number of methoxy groups -OCH3 is 1. The van der Waals surface area contributed by atoms with E-state index >= 15 is 0 Å². The first-order valence-corrected chi connectivity index (χ1v) is 8.91. The predicted octanol–water partition coefficient (Wildman–Crippen LogP) is 3.74. The van der Waals surface area contributed by atoms with Crippen LogP contribution in [0.2, 0.25) is 0 Å². The number of halogens is 1. The molecule has 2 aromatic carbocycles. The van der Waals surface area contributed by atoms with Crippen molar-refractivity contribution in [2.75, 3.05) is 13.7 Å². The number of ether oxygens (including phenoxy) is 1. The van der Waals surface area contributed by atoms with Gasteiger partial charge in [-0.15, -0.1) is 12.4 Å². The Balaban J connectivity index is 0.00000243. The highest BCUT2D eigenvalue weighted by atomic mass is 35.5. The molecule has 140 valence electrons. The van der Waals surface area contributed by atoms with Gasteiger partial charge in [0.25, 0.3) is 0 Å². The molecular formula is C21H27ClN2O2. The topological polar surface area (TPSA) is 55.6 Å². The summed E-state index contributed by atoms with van der Waals surface area (Å²) in [6.45, 7) is 0.820. The number of nitrogens with zero attached hydrogens (tertiary/aromatic N) is 1. The van der Waals surface area contributed by atoms with Crippen molar-refractivity contribution in [3.8, 4) is 5.75 Å². The third-order valence-corrected chi connectivity index (χ3v) is 4.97. The summed E-state index contributed by atoms with van der Waals surface area (Å²) in [6.07, 6.45) is 3.26. The van der Waals surface area contributed by atoms with Crippen LogP contribution in [0.1, 0.15) is 36.4 Å². The fourth-order valence-electron chi connectivity index (χ4n) is 3.63. The third kappa shape index (κ3) is 4.77. The Bertz CT molecular complexity index is 708. The lowest BCUT2D eigenvalue weighted by molar-refractivity contribution is -0.132. The van der Waals surface area contributed by atoms with E-state index in [4.69, 9.17) is 10.5 Å². The molecule has 3 rings (SSSR count). The summed E-state index contributed by atoms with van der Waals surface area (Å²) in [7, 11) is 1.69. The zero-order valence-electron chi connectivity index (χ0n) is 15.1. The maximum absolute atomic E-state index is 12.8. The summed E-state index contributed by atoms with van der Waals surface area (Å²) in [4.78, 5) is 14.8. The van der Waals surface area contributed by atoms with Crippen LogP contribution in [0.15, 0.2) is 54.6 Å². The minimum absolute atomic E-state index is 0. The lowest BCUT2D eigenvalue weighted by atomic mass is 10.0. The van der Waals surface area contributed by atoms with Crippen molar-refractivity contribution in [3.63, 3.8) is 0 Å². The van der Waals surface area contributed by atoms with Gasteiger partial charge in [0.15, 0.2) is 0 Å². The third-order valence-electron chi connectivity index (χ3n) is 4.97. The number of carbonyl (C=O) groups is 1. The number of hydrogen-bond acceptors (Lipinski definition) is 3. The molecule has 0 aromatic heterocycles. The molecule has 0 spiro atoms. The molecule has 2 aromatic rings. The number of nitrogens with two attached hydrogens (primary N) is 1. The number of amides is 1. The molecule has 26 heavy (non-hydrogen) atoms. The quantitative estimate of drug-likeness (QED) is 0.837. The average Bonchev–Trinajstić information content (AvgIpc) is 3.11. The smallest absolute Gasteiger partial charge is 0.224 e. The van der Waals surface area contributed by atoms with Crippen molar-refractivity contribution in [1.82, 2.24) is 4.90 Å². The molecule has 0 bridgehead atoms. The Morgan fingerprint density at radius 3 is 2.62 bits per heavy atom. The van der Waals surface area contributed by atoms with Crippen LogP contribution in [-0.4, -0.2) is 30.5 Å². The van der Waals surface area contributed by atoms with Crippen molar-refractivity contribution < 1.29 is 9.53 Å². The SMILES string of the molecule is COc1ccccc1CC1CCCN1C(=O)CC(N)c1ccccc1.Cl. The lowest BCUT2D eigenvalue weighted by Crippen LogP contribution is -2.38. The number of benzene rings is 2. The second-order valence-electron chi connectivity index (χ2n) is 6.62. The predicted molar refractivity (Wildman–Crippen MR) is 107 cm³/mol. The first-order valence-electron chi connectivity index (χ1n) is 8.91. The summed E-state index contributed by atoms with van der Waals surface area (Å²) >= 11 is 0. The van der Waals surface area contributed by atoms with Gasteiger partial charge < -0.3 is 15.4 Å². The van der Waals surface area contributed by atoms with Crippen LogP contribution in [0.25, 0.3) is 0 Å². The van der Waals surface area contributed by atoms with E-state index in [1.165, 1.54) is 0 Å². The first kappa shape index (κ1) is 20.3. The molecule has 1 fully saturated rings. The minimum atomic E-state index is -0.249. The normalized spacial score (nSPS) is 17.5. The van der Waals surface area contributed by atoms with Gasteiger partial charge in [-0.25, -0.2) is 0 Å². The van der Waals surface area contributed by atoms with E-state index in [0.717, 1.165) is 42.7 Å². The first-order chi connectivity index (χ1) is 12.2. The van der Waals surface area contributed by atoms with E-state index in [2.05, 4.69) is 6.07 Å². The highest BCUT2D eigenvalue weighted by Gasteiger charge is 2.30. The zero-order valence-corrected chi connectivity index (χ0v) is 16.0. The second-order valence-corrected chi connectivity index (χ2v) is 6.62. The maximum Gasteiger partial charge on any atom is 0.224 e. The monoisotopic (exact) mass is 374 g/mol. The van der Waals surface area contributed by atoms with Gasteiger partial charge in [0.05, 0.1) is 7.11 Å². The van der Waals surface area contributed by atoms with Crippen LogP contribution in [-0.2, 0) is 11.2 Å². The molecule has 2 atom stereocenters. The van der Waals surface area contributed by atoms with Crippen LogP contribution < -0.4 is 10.5 Å². The summed E-state index contributed by atoms with van der Waals surface area (Å²) in [5.41, 5.74) is 8.40. The van der Waals surface area contributed by atoms with Gasteiger partial charge in [0.1, 0.15) is 5.75 Å². The van der Waals surface area contributed by atoms with E-state index in [1.807, 2.05) is 53.4 Å². The van der Waals surface area contributed by atoms with Crippen molar-refractivity contribution in [2.24, 2.45) is 5.73 Å². The number of carbonyl (C=O) groups excluding carboxylic acids is 1. The van der Waals surface area contributed by atoms with Gasteiger partial charge in [0, 0.05) is 25.0 Å². The van der Waals surface area contributed by atoms with E-state index in [-0.39, 0.29) is 30.4 Å². The van der Waals surface area contributed by atoms with E-state index in [1.54, 1.807) is 7.11 Å². The number of likely N-dealkylation sites (tertiary alicyclic amines) is 1. The van der Waals surface area contributed by atoms with Gasteiger partial charge in [-0.2, -0.15) is 0 Å².